The van der Waals surface area contributed by atoms with Crippen LogP contribution in [0.3, 0.4) is 0 Å². The number of rotatable bonds is 14. The monoisotopic (exact) mass is 751 g/mol. The summed E-state index contributed by atoms with van der Waals surface area (Å²) >= 11 is 0. The molecule has 0 bridgehead atoms. The molecule has 0 amide bonds. The van der Waals surface area contributed by atoms with E-state index in [1.54, 1.807) is 7.11 Å². The Kier molecular flexibility index (Phi) is 20.8. The van der Waals surface area contributed by atoms with Gasteiger partial charge in [-0.15, -0.1) is 0 Å². The minimum Gasteiger partial charge on any atom is -0.429 e. The lowest BCUT2D eigenvalue weighted by Gasteiger charge is -2.40. The van der Waals surface area contributed by atoms with Crippen LogP contribution in [0.15, 0.2) is 175 Å². The van der Waals surface area contributed by atoms with Gasteiger partial charge in [0.2, 0.25) is 0 Å². The van der Waals surface area contributed by atoms with Crippen LogP contribution in [0.4, 0.5) is 11.4 Å². The van der Waals surface area contributed by atoms with Gasteiger partial charge in [-0.25, -0.2) is 0 Å². The lowest BCUT2D eigenvalue weighted by molar-refractivity contribution is -0.120. The normalized spacial score (nSPS) is 15.7. The van der Waals surface area contributed by atoms with Crippen molar-refractivity contribution in [2.45, 2.75) is 104 Å². The summed E-state index contributed by atoms with van der Waals surface area (Å²) in [4.78, 5) is 12.6. The Hall–Kier alpha value is -5.19. The number of hydrogen-bond donors (Lipinski definition) is 0. The molecule has 0 radical (unpaired) electrons. The van der Waals surface area contributed by atoms with Crippen molar-refractivity contribution in [1.29, 1.82) is 0 Å². The van der Waals surface area contributed by atoms with Gasteiger partial charge in [0.05, 0.1) is 6.10 Å². The number of para-hydroxylation sites is 2. The molecule has 4 nitrogen and oxygen atoms in total. The molecule has 2 aliphatic carbocycles. The molecule has 1 atom stereocenters. The molecule has 4 heteroatoms. The molecule has 0 saturated heterocycles. The third kappa shape index (κ3) is 13.5. The van der Waals surface area contributed by atoms with Crippen LogP contribution in [-0.4, -0.2) is 19.7 Å². The minimum atomic E-state index is 0.245. The zero-order chi connectivity index (χ0) is 40.4. The first kappa shape index (κ1) is 45.2. The summed E-state index contributed by atoms with van der Waals surface area (Å²) in [6, 6.07) is 39.3. The summed E-state index contributed by atoms with van der Waals surface area (Å²) in [5.41, 5.74) is 8.82. The van der Waals surface area contributed by atoms with Crippen LogP contribution in [0.1, 0.15) is 97.1 Å². The molecule has 0 aliphatic heterocycles. The lowest BCUT2D eigenvalue weighted by Crippen LogP contribution is -2.32. The second kappa shape index (κ2) is 25.8. The zero-order valence-electron chi connectivity index (χ0n) is 34.8. The first-order valence-corrected chi connectivity index (χ1v) is 20.6. The van der Waals surface area contributed by atoms with Crippen molar-refractivity contribution in [3.05, 3.63) is 186 Å². The fourth-order valence-electron chi connectivity index (χ4n) is 7.31. The molecule has 0 spiro atoms. The summed E-state index contributed by atoms with van der Waals surface area (Å²) in [5, 5.41) is 0. The van der Waals surface area contributed by atoms with Crippen molar-refractivity contribution >= 4 is 17.8 Å². The number of ether oxygens (including phenoxy) is 2. The molecule has 0 N–H and O–H groups in total. The van der Waals surface area contributed by atoms with Crippen LogP contribution >= 0.6 is 0 Å². The summed E-state index contributed by atoms with van der Waals surface area (Å²) in [5.74, 6) is 0.570. The Bertz CT molecular complexity index is 1760. The van der Waals surface area contributed by atoms with E-state index in [0.29, 0.717) is 12.2 Å². The molecule has 4 aromatic carbocycles. The van der Waals surface area contributed by atoms with Crippen molar-refractivity contribution in [1.82, 2.24) is 0 Å². The summed E-state index contributed by atoms with van der Waals surface area (Å²) in [6.45, 7) is 14.9. The largest absolute Gasteiger partial charge is 0.429 e. The second-order valence-electron chi connectivity index (χ2n) is 13.4. The smallest absolute Gasteiger partial charge is 0.298 e. The number of benzene rings is 4. The average molecular weight is 752 g/mol. The number of carbonyl (C=O) groups excluding carboxylic acids is 1. The average Bonchev–Trinajstić information content (AvgIpc) is 3.28. The van der Waals surface area contributed by atoms with Crippen LogP contribution in [-0.2, 0) is 21.4 Å². The molecule has 1 saturated carbocycles. The number of hydrogen-bond acceptors (Lipinski definition) is 4. The molecule has 4 aromatic rings. The van der Waals surface area contributed by atoms with E-state index < -0.39 is 0 Å². The van der Waals surface area contributed by atoms with Gasteiger partial charge in [-0.2, -0.15) is 0 Å². The quantitative estimate of drug-likeness (QED) is 0.0950. The van der Waals surface area contributed by atoms with E-state index in [4.69, 9.17) is 9.47 Å². The van der Waals surface area contributed by atoms with Crippen LogP contribution in [0, 0.1) is 0 Å². The third-order valence-corrected chi connectivity index (χ3v) is 10.2. The van der Waals surface area contributed by atoms with Gasteiger partial charge in [0, 0.05) is 29.6 Å². The molecule has 1 fully saturated rings. The van der Waals surface area contributed by atoms with Crippen molar-refractivity contribution < 1.29 is 14.3 Å². The van der Waals surface area contributed by atoms with Gasteiger partial charge in [0.15, 0.2) is 0 Å². The zero-order valence-corrected chi connectivity index (χ0v) is 34.8. The fourth-order valence-corrected chi connectivity index (χ4v) is 7.31. The maximum Gasteiger partial charge on any atom is 0.298 e. The van der Waals surface area contributed by atoms with Gasteiger partial charge in [0.25, 0.3) is 6.47 Å². The van der Waals surface area contributed by atoms with Crippen LogP contribution < -0.4 is 9.64 Å². The van der Waals surface area contributed by atoms with E-state index in [0.717, 1.165) is 42.8 Å². The molecule has 1 unspecified atom stereocenters. The molecule has 2 aliphatic rings. The molecule has 0 heterocycles. The standard InChI is InChI=1S/C29H29NO2.C19H24O.2C2H6/c1-3-25(11-10-12-26-19-21-29(22-20-26)32-23-31)18-17-24(2)30(27-13-6-4-7-14-27)28-15-8-5-9-16-28;1-20-18-12-10-17(11-13-18)19(14-6-3-7-15-19)16-8-4-2-5-9-16;2*1-2/h3-9,13-23H,2,10-12H2,1H3;2,4-5,8-12,18H,3,6-7,13-15H2,1H3;2*1-2H3/b18-17-,25-3-;;;. The van der Waals surface area contributed by atoms with Crippen molar-refractivity contribution in [3.63, 3.8) is 0 Å². The van der Waals surface area contributed by atoms with Crippen molar-refractivity contribution in [2.24, 2.45) is 0 Å². The van der Waals surface area contributed by atoms with E-state index >= 15 is 0 Å². The van der Waals surface area contributed by atoms with Gasteiger partial charge in [-0.3, -0.25) is 4.79 Å². The van der Waals surface area contributed by atoms with Crippen LogP contribution in [0.25, 0.3) is 0 Å². The Morgan fingerprint density at radius 1 is 0.786 bits per heavy atom. The Morgan fingerprint density at radius 3 is 1.86 bits per heavy atom. The van der Waals surface area contributed by atoms with Crippen LogP contribution in [0.2, 0.25) is 0 Å². The van der Waals surface area contributed by atoms with Crippen molar-refractivity contribution in [3.8, 4) is 5.75 Å². The Morgan fingerprint density at radius 2 is 1.36 bits per heavy atom. The molecule has 0 aromatic heterocycles. The highest BCUT2D eigenvalue weighted by Gasteiger charge is 2.37. The van der Waals surface area contributed by atoms with Gasteiger partial charge in [-0.1, -0.05) is 168 Å². The summed E-state index contributed by atoms with van der Waals surface area (Å²) in [7, 11) is 1.79. The van der Waals surface area contributed by atoms with Crippen molar-refractivity contribution in [2.75, 3.05) is 12.0 Å². The molecule has 56 heavy (non-hydrogen) atoms. The Labute approximate surface area is 339 Å². The molecular formula is C52H65NO3. The topological polar surface area (TPSA) is 38.8 Å². The summed E-state index contributed by atoms with van der Waals surface area (Å²) in [6.07, 6.45) is 24.2. The van der Waals surface area contributed by atoms with Crippen LogP contribution in [0.5, 0.6) is 5.75 Å². The Balaban J connectivity index is 0.000000299. The maximum atomic E-state index is 10.4. The van der Waals surface area contributed by atoms with E-state index in [-0.39, 0.29) is 11.5 Å². The first-order valence-electron chi connectivity index (χ1n) is 20.6. The SMILES string of the molecule is C=C(/C=C\C(=C/C)CCCc1ccc(OC=O)cc1)N(c1ccccc1)c1ccccc1.CC.CC.COC1C=CC(C2(c3ccccc3)CCCCC2)=CC1. The second-order valence-corrected chi connectivity index (χ2v) is 13.4. The number of carbonyl (C=O) groups is 1. The predicted molar refractivity (Wildman–Crippen MR) is 240 cm³/mol. The maximum absolute atomic E-state index is 10.4. The molecule has 6 rings (SSSR count). The molecule has 296 valence electrons. The molecular weight excluding hydrogens is 687 g/mol. The van der Waals surface area contributed by atoms with Gasteiger partial charge >= 0.3 is 0 Å². The van der Waals surface area contributed by atoms with Gasteiger partial charge in [0.1, 0.15) is 5.75 Å². The number of allylic oxidation sites excluding steroid dienone is 6. The van der Waals surface area contributed by atoms with Gasteiger partial charge < -0.3 is 14.4 Å². The number of aryl methyl sites for hydroxylation is 1. The highest BCUT2D eigenvalue weighted by atomic mass is 16.5. The highest BCUT2D eigenvalue weighted by molar-refractivity contribution is 5.69. The van der Waals surface area contributed by atoms with E-state index in [9.17, 15) is 4.79 Å². The lowest BCUT2D eigenvalue weighted by atomic mass is 9.64. The third-order valence-electron chi connectivity index (χ3n) is 10.2. The highest BCUT2D eigenvalue weighted by Crippen LogP contribution is 2.46. The summed E-state index contributed by atoms with van der Waals surface area (Å²) < 4.78 is 10.3. The minimum absolute atomic E-state index is 0.245. The number of methoxy groups -OCH3 is 1. The fraction of sp³-hybridized carbons (Fsp3) is 0.327. The number of nitrogens with zero attached hydrogens (tertiary/aromatic N) is 1. The first-order chi connectivity index (χ1) is 27.6. The van der Waals surface area contributed by atoms with E-state index in [1.165, 1.54) is 54.4 Å². The van der Waals surface area contributed by atoms with E-state index in [2.05, 4.69) is 109 Å². The predicted octanol–water partition coefficient (Wildman–Crippen LogP) is 14.2. The van der Waals surface area contributed by atoms with E-state index in [1.807, 2.05) is 88.4 Å². The number of anilines is 2. The van der Waals surface area contributed by atoms with Gasteiger partial charge in [-0.05, 0) is 105 Å².